The van der Waals surface area contributed by atoms with Crippen LogP contribution in [-0.4, -0.2) is 4.98 Å². The minimum absolute atomic E-state index is 0.499. The summed E-state index contributed by atoms with van der Waals surface area (Å²) in [4.78, 5) is 4.99. The van der Waals surface area contributed by atoms with Crippen LogP contribution < -0.4 is 0 Å². The molecule has 236 valence electrons. The number of pyridine rings is 1. The topological polar surface area (TPSA) is 26.0 Å². The molecular weight excluding hydrogens is 619 g/mol. The number of nitrogens with zero attached hydrogens (tertiary/aromatic N) is 1. The summed E-state index contributed by atoms with van der Waals surface area (Å²) >= 11 is 0. The van der Waals surface area contributed by atoms with Crippen molar-refractivity contribution in [3.05, 3.63) is 221 Å². The Balaban J connectivity index is 1.35. The molecule has 0 unspecified atom stereocenters. The average Bonchev–Trinajstić information content (AvgIpc) is 3.83. The highest BCUT2D eigenvalue weighted by atomic mass is 16.3. The summed E-state index contributed by atoms with van der Waals surface area (Å²) in [6.07, 6.45) is 1.91. The quantitative estimate of drug-likeness (QED) is 0.177. The van der Waals surface area contributed by atoms with Crippen LogP contribution in [0.4, 0.5) is 0 Å². The molecule has 7 aromatic carbocycles. The molecule has 0 radical (unpaired) electrons. The zero-order valence-corrected chi connectivity index (χ0v) is 27.6. The van der Waals surface area contributed by atoms with Crippen LogP contribution in [0.5, 0.6) is 0 Å². The SMILES string of the molecule is c1ccc(-c2cccc3c2C2(c4ccccc4C4(c5ccccc5-c5ccccc54)c4ccccc42)c2c-3ccc3oc4ccccc4c23)nc1. The van der Waals surface area contributed by atoms with Crippen LogP contribution in [0.3, 0.4) is 0 Å². The van der Waals surface area contributed by atoms with Crippen LogP contribution in [0.15, 0.2) is 180 Å². The fourth-order valence-electron chi connectivity index (χ4n) is 10.4. The third kappa shape index (κ3) is 3.10. The van der Waals surface area contributed by atoms with Gasteiger partial charge in [0.15, 0.2) is 0 Å². The summed E-state index contributed by atoms with van der Waals surface area (Å²) in [6, 6.07) is 62.7. The molecule has 2 spiro atoms. The average molecular weight is 648 g/mol. The summed E-state index contributed by atoms with van der Waals surface area (Å²) in [5.41, 5.74) is 18.4. The Kier molecular flexibility index (Phi) is 5.14. The molecule has 2 aromatic heterocycles. The highest BCUT2D eigenvalue weighted by Gasteiger charge is 2.60. The van der Waals surface area contributed by atoms with Crippen molar-refractivity contribution in [3.8, 4) is 33.5 Å². The Bertz CT molecular complexity index is 2840. The lowest BCUT2D eigenvalue weighted by molar-refractivity contribution is 0.635. The molecule has 2 heterocycles. The first-order chi connectivity index (χ1) is 25.3. The van der Waals surface area contributed by atoms with Crippen LogP contribution in [0.25, 0.3) is 55.4 Å². The Labute approximate surface area is 295 Å². The monoisotopic (exact) mass is 647 g/mol. The fraction of sp³-hybridized carbons (Fsp3) is 0.0408. The third-order valence-electron chi connectivity index (χ3n) is 12.0. The highest BCUT2D eigenvalue weighted by Crippen LogP contribution is 2.69. The van der Waals surface area contributed by atoms with Crippen molar-refractivity contribution in [2.45, 2.75) is 10.8 Å². The van der Waals surface area contributed by atoms with Gasteiger partial charge in [-0.1, -0.05) is 146 Å². The van der Waals surface area contributed by atoms with Gasteiger partial charge in [0.25, 0.3) is 0 Å². The predicted molar refractivity (Wildman–Crippen MR) is 205 cm³/mol. The van der Waals surface area contributed by atoms with Crippen molar-refractivity contribution in [2.24, 2.45) is 0 Å². The molecule has 12 rings (SSSR count). The second kappa shape index (κ2) is 9.59. The van der Waals surface area contributed by atoms with E-state index in [9.17, 15) is 0 Å². The summed E-state index contributed by atoms with van der Waals surface area (Å²) in [5.74, 6) is 0. The van der Waals surface area contributed by atoms with E-state index in [0.29, 0.717) is 0 Å². The smallest absolute Gasteiger partial charge is 0.135 e. The number of aromatic nitrogens is 1. The first-order valence-electron chi connectivity index (χ1n) is 17.7. The minimum atomic E-state index is -0.671. The van der Waals surface area contributed by atoms with E-state index in [2.05, 4.69) is 164 Å². The molecule has 0 saturated carbocycles. The van der Waals surface area contributed by atoms with Crippen molar-refractivity contribution in [2.75, 3.05) is 0 Å². The van der Waals surface area contributed by atoms with E-state index < -0.39 is 10.8 Å². The van der Waals surface area contributed by atoms with E-state index in [1.165, 1.54) is 72.1 Å². The number of benzene rings is 7. The largest absolute Gasteiger partial charge is 0.456 e. The molecular formula is C49H29NO. The maximum Gasteiger partial charge on any atom is 0.135 e. The summed E-state index contributed by atoms with van der Waals surface area (Å²) < 4.78 is 6.68. The Hall–Kier alpha value is -6.51. The zero-order valence-electron chi connectivity index (χ0n) is 27.6. The van der Waals surface area contributed by atoms with Gasteiger partial charge in [0.1, 0.15) is 11.2 Å². The van der Waals surface area contributed by atoms with Crippen LogP contribution >= 0.6 is 0 Å². The number of fused-ring (bicyclic) bond motifs is 20. The molecule has 9 aromatic rings. The highest BCUT2D eigenvalue weighted by molar-refractivity contribution is 6.13. The van der Waals surface area contributed by atoms with Gasteiger partial charge in [0.2, 0.25) is 0 Å². The molecule has 3 aliphatic rings. The normalized spacial score (nSPS) is 15.0. The van der Waals surface area contributed by atoms with E-state index >= 15 is 0 Å². The summed E-state index contributed by atoms with van der Waals surface area (Å²) in [6.45, 7) is 0. The van der Waals surface area contributed by atoms with Gasteiger partial charge in [-0.15, -0.1) is 0 Å². The van der Waals surface area contributed by atoms with Gasteiger partial charge in [-0.05, 0) is 91.0 Å². The molecule has 0 saturated heterocycles. The Morgan fingerprint density at radius 2 is 0.882 bits per heavy atom. The van der Waals surface area contributed by atoms with Gasteiger partial charge >= 0.3 is 0 Å². The third-order valence-corrected chi connectivity index (χ3v) is 12.0. The lowest BCUT2D eigenvalue weighted by atomic mass is 9.51. The van der Waals surface area contributed by atoms with E-state index in [-0.39, 0.29) is 0 Å². The molecule has 0 atom stereocenters. The van der Waals surface area contributed by atoms with E-state index in [1.54, 1.807) is 0 Å². The Morgan fingerprint density at radius 3 is 1.55 bits per heavy atom. The molecule has 0 bridgehead atoms. The van der Waals surface area contributed by atoms with Gasteiger partial charge in [0.05, 0.1) is 16.5 Å². The van der Waals surface area contributed by atoms with Crippen molar-refractivity contribution < 1.29 is 4.42 Å². The summed E-state index contributed by atoms with van der Waals surface area (Å²) in [5, 5.41) is 2.32. The molecule has 0 fully saturated rings. The van der Waals surface area contributed by atoms with E-state index in [4.69, 9.17) is 9.40 Å². The van der Waals surface area contributed by atoms with E-state index in [1.807, 2.05) is 12.3 Å². The lowest BCUT2D eigenvalue weighted by Crippen LogP contribution is -2.44. The second-order valence-corrected chi connectivity index (χ2v) is 14.1. The van der Waals surface area contributed by atoms with Crippen LogP contribution in [0.2, 0.25) is 0 Å². The fourth-order valence-corrected chi connectivity index (χ4v) is 10.4. The van der Waals surface area contributed by atoms with Crippen LogP contribution in [0, 0.1) is 0 Å². The van der Waals surface area contributed by atoms with Gasteiger partial charge < -0.3 is 4.42 Å². The number of para-hydroxylation sites is 1. The second-order valence-electron chi connectivity index (χ2n) is 14.1. The standard InChI is InChI=1S/C49H29NO/c1-4-19-36-30(14-1)31-15-2-5-20-37(31)48(36)38-21-6-8-23-40(38)49(41-24-9-7-22-39(41)48)46-32(17-13-18-34(46)42-25-11-12-29-50-42)33-27-28-44-45(47(33)49)35-16-3-10-26-43(35)51-44/h1-29H. The molecule has 0 aliphatic heterocycles. The maximum absolute atomic E-state index is 6.68. The molecule has 0 N–H and O–H groups in total. The Morgan fingerprint density at radius 1 is 0.353 bits per heavy atom. The zero-order chi connectivity index (χ0) is 33.3. The number of hydrogen-bond donors (Lipinski definition) is 0. The predicted octanol–water partition coefficient (Wildman–Crippen LogP) is 11.7. The number of hydrogen-bond acceptors (Lipinski definition) is 2. The van der Waals surface area contributed by atoms with Gasteiger partial charge in [-0.25, -0.2) is 0 Å². The summed E-state index contributed by atoms with van der Waals surface area (Å²) in [7, 11) is 0. The maximum atomic E-state index is 6.68. The molecule has 0 amide bonds. The first-order valence-corrected chi connectivity index (χ1v) is 17.7. The van der Waals surface area contributed by atoms with Gasteiger partial charge in [-0.2, -0.15) is 0 Å². The van der Waals surface area contributed by atoms with E-state index in [0.717, 1.165) is 27.8 Å². The van der Waals surface area contributed by atoms with Crippen molar-refractivity contribution in [1.82, 2.24) is 4.98 Å². The number of rotatable bonds is 1. The molecule has 2 heteroatoms. The number of furan rings is 1. The molecule has 3 aliphatic carbocycles. The van der Waals surface area contributed by atoms with Crippen molar-refractivity contribution in [3.63, 3.8) is 0 Å². The van der Waals surface area contributed by atoms with Crippen molar-refractivity contribution in [1.29, 1.82) is 0 Å². The first kappa shape index (κ1) is 27.3. The van der Waals surface area contributed by atoms with Gasteiger partial charge in [-0.3, -0.25) is 4.98 Å². The van der Waals surface area contributed by atoms with Crippen LogP contribution in [-0.2, 0) is 10.8 Å². The van der Waals surface area contributed by atoms with Gasteiger partial charge in [0, 0.05) is 22.5 Å². The van der Waals surface area contributed by atoms with Crippen LogP contribution in [0.1, 0.15) is 44.5 Å². The van der Waals surface area contributed by atoms with Crippen molar-refractivity contribution >= 4 is 21.9 Å². The minimum Gasteiger partial charge on any atom is -0.456 e. The molecule has 51 heavy (non-hydrogen) atoms. The lowest BCUT2D eigenvalue weighted by Gasteiger charge is -2.49. The molecule has 2 nitrogen and oxygen atoms in total.